The zero-order valence-corrected chi connectivity index (χ0v) is 12.1. The van der Waals surface area contributed by atoms with Gasteiger partial charge < -0.3 is 5.32 Å². The van der Waals surface area contributed by atoms with Gasteiger partial charge >= 0.3 is 0 Å². The lowest BCUT2D eigenvalue weighted by molar-refractivity contribution is 0.383. The first kappa shape index (κ1) is 13.4. The van der Waals surface area contributed by atoms with E-state index in [0.29, 0.717) is 35.1 Å². The van der Waals surface area contributed by atoms with Gasteiger partial charge in [-0.25, -0.2) is 8.42 Å². The zero-order valence-electron chi connectivity index (χ0n) is 10.5. The van der Waals surface area contributed by atoms with Gasteiger partial charge in [-0.2, -0.15) is 4.31 Å². The van der Waals surface area contributed by atoms with Gasteiger partial charge in [0.2, 0.25) is 10.0 Å². The smallest absolute Gasteiger partial charge is 0.243 e. The summed E-state index contributed by atoms with van der Waals surface area (Å²) in [7, 11) is -3.39. The van der Waals surface area contributed by atoms with E-state index >= 15 is 0 Å². The van der Waals surface area contributed by atoms with Crippen LogP contribution in [-0.2, 0) is 10.0 Å². The summed E-state index contributed by atoms with van der Waals surface area (Å²) in [6.45, 7) is 1.17. The molecular formula is C13H17ClN2O2S. The average molecular weight is 301 g/mol. The second-order valence-electron chi connectivity index (χ2n) is 5.24. The van der Waals surface area contributed by atoms with Crippen LogP contribution in [0.3, 0.4) is 0 Å². The van der Waals surface area contributed by atoms with Gasteiger partial charge in [-0.05, 0) is 43.5 Å². The molecule has 2 aliphatic heterocycles. The Hall–Kier alpha value is -0.620. The van der Waals surface area contributed by atoms with Crippen LogP contribution in [0, 0.1) is 0 Å². The Morgan fingerprint density at radius 3 is 2.53 bits per heavy atom. The zero-order chi connectivity index (χ0) is 13.5. The Kier molecular flexibility index (Phi) is 3.55. The molecule has 6 heteroatoms. The number of nitrogens with zero attached hydrogens (tertiary/aromatic N) is 1. The molecule has 4 nitrogen and oxygen atoms in total. The fraction of sp³-hybridized carbons (Fsp3) is 0.538. The van der Waals surface area contributed by atoms with Gasteiger partial charge in [-0.15, -0.1) is 0 Å². The Balaban J connectivity index is 1.85. The summed E-state index contributed by atoms with van der Waals surface area (Å²) in [6.07, 6.45) is 3.13. The van der Waals surface area contributed by atoms with E-state index in [2.05, 4.69) is 5.32 Å². The molecule has 19 heavy (non-hydrogen) atoms. The molecule has 2 fully saturated rings. The normalized spacial score (nSPS) is 28.3. The third-order valence-electron chi connectivity index (χ3n) is 3.94. The summed E-state index contributed by atoms with van der Waals surface area (Å²) in [5.41, 5.74) is 0. The van der Waals surface area contributed by atoms with Gasteiger partial charge in [0, 0.05) is 30.2 Å². The molecular weight excluding hydrogens is 284 g/mol. The third kappa shape index (κ3) is 2.65. The van der Waals surface area contributed by atoms with Gasteiger partial charge in [-0.3, -0.25) is 0 Å². The quantitative estimate of drug-likeness (QED) is 0.907. The lowest BCUT2D eigenvalue weighted by Gasteiger charge is -2.23. The van der Waals surface area contributed by atoms with Crippen molar-refractivity contribution in [2.24, 2.45) is 0 Å². The van der Waals surface area contributed by atoms with Crippen molar-refractivity contribution in [3.05, 3.63) is 29.3 Å². The van der Waals surface area contributed by atoms with Crippen molar-refractivity contribution < 1.29 is 8.42 Å². The highest BCUT2D eigenvalue weighted by atomic mass is 35.5. The highest BCUT2D eigenvalue weighted by Crippen LogP contribution is 2.25. The van der Waals surface area contributed by atoms with Crippen LogP contribution < -0.4 is 5.32 Å². The van der Waals surface area contributed by atoms with E-state index in [-0.39, 0.29) is 0 Å². The van der Waals surface area contributed by atoms with Crippen molar-refractivity contribution in [2.75, 3.05) is 13.1 Å². The first-order valence-corrected chi connectivity index (χ1v) is 8.39. The molecule has 1 N–H and O–H groups in total. The van der Waals surface area contributed by atoms with Crippen LogP contribution in [0.4, 0.5) is 0 Å². The summed E-state index contributed by atoms with van der Waals surface area (Å²) in [6, 6.07) is 7.18. The van der Waals surface area contributed by atoms with Crippen LogP contribution in [-0.4, -0.2) is 37.9 Å². The maximum Gasteiger partial charge on any atom is 0.243 e. The molecule has 0 saturated carbocycles. The van der Waals surface area contributed by atoms with Gasteiger partial charge in [-0.1, -0.05) is 11.6 Å². The molecule has 3 rings (SSSR count). The van der Waals surface area contributed by atoms with E-state index in [1.165, 1.54) is 6.42 Å². The third-order valence-corrected chi connectivity index (χ3v) is 6.07. The number of halogens is 1. The molecule has 2 aliphatic rings. The highest BCUT2D eigenvalue weighted by Gasteiger charge is 2.34. The Labute approximate surface area is 118 Å². The lowest BCUT2D eigenvalue weighted by atomic mass is 10.1. The van der Waals surface area contributed by atoms with Crippen LogP contribution in [0.25, 0.3) is 0 Å². The van der Waals surface area contributed by atoms with Crippen LogP contribution in [0.2, 0.25) is 5.02 Å². The SMILES string of the molecule is O=S(=O)(c1ccc(Cl)cc1)N1CCC2CCC(C1)N2. The van der Waals surface area contributed by atoms with E-state index in [4.69, 9.17) is 11.6 Å². The molecule has 0 spiro atoms. The van der Waals surface area contributed by atoms with E-state index in [9.17, 15) is 8.42 Å². The minimum absolute atomic E-state index is 0.301. The maximum atomic E-state index is 12.6. The maximum absolute atomic E-state index is 12.6. The topological polar surface area (TPSA) is 49.4 Å². The van der Waals surface area contributed by atoms with E-state index in [1.54, 1.807) is 28.6 Å². The van der Waals surface area contributed by atoms with Gasteiger partial charge in [0.25, 0.3) is 0 Å². The summed E-state index contributed by atoms with van der Waals surface area (Å²) in [5, 5.41) is 4.04. The highest BCUT2D eigenvalue weighted by molar-refractivity contribution is 7.89. The minimum Gasteiger partial charge on any atom is -0.310 e. The number of rotatable bonds is 2. The molecule has 0 radical (unpaired) electrons. The summed E-state index contributed by atoms with van der Waals surface area (Å²) >= 11 is 5.81. The van der Waals surface area contributed by atoms with Crippen molar-refractivity contribution in [2.45, 2.75) is 36.2 Å². The van der Waals surface area contributed by atoms with Crippen molar-refractivity contribution in [1.29, 1.82) is 0 Å². The van der Waals surface area contributed by atoms with E-state index < -0.39 is 10.0 Å². The van der Waals surface area contributed by atoms with Crippen molar-refractivity contribution in [1.82, 2.24) is 9.62 Å². The predicted molar refractivity (Wildman–Crippen MR) is 74.8 cm³/mol. The largest absolute Gasteiger partial charge is 0.310 e. The van der Waals surface area contributed by atoms with Crippen LogP contribution in [0.15, 0.2) is 29.2 Å². The number of hydrogen-bond acceptors (Lipinski definition) is 3. The van der Waals surface area contributed by atoms with Gasteiger partial charge in [0.1, 0.15) is 0 Å². The van der Waals surface area contributed by atoms with Crippen LogP contribution in [0.1, 0.15) is 19.3 Å². The predicted octanol–water partition coefficient (Wildman–Crippen LogP) is 1.85. The number of benzene rings is 1. The second kappa shape index (κ2) is 5.05. The van der Waals surface area contributed by atoms with Crippen molar-refractivity contribution in [3.63, 3.8) is 0 Å². The van der Waals surface area contributed by atoms with E-state index in [0.717, 1.165) is 12.8 Å². The molecule has 2 saturated heterocycles. The average Bonchev–Trinajstić information content (AvgIpc) is 2.69. The number of fused-ring (bicyclic) bond motifs is 2. The Morgan fingerprint density at radius 1 is 1.11 bits per heavy atom. The first-order chi connectivity index (χ1) is 9.05. The number of nitrogens with one attached hydrogen (secondary N) is 1. The summed E-state index contributed by atoms with van der Waals surface area (Å²) < 4.78 is 26.8. The molecule has 2 atom stereocenters. The molecule has 1 aromatic carbocycles. The minimum atomic E-state index is -3.39. The van der Waals surface area contributed by atoms with E-state index in [1.807, 2.05) is 0 Å². The number of sulfonamides is 1. The molecule has 0 amide bonds. The molecule has 2 unspecified atom stereocenters. The molecule has 104 valence electrons. The molecule has 0 aromatic heterocycles. The van der Waals surface area contributed by atoms with Gasteiger partial charge in [0.15, 0.2) is 0 Å². The molecule has 1 aromatic rings. The summed E-state index contributed by atoms with van der Waals surface area (Å²) in [5.74, 6) is 0. The fourth-order valence-electron chi connectivity index (χ4n) is 2.88. The monoisotopic (exact) mass is 300 g/mol. The molecule has 0 aliphatic carbocycles. The summed E-state index contributed by atoms with van der Waals surface area (Å²) in [4.78, 5) is 0.328. The van der Waals surface area contributed by atoms with Crippen LogP contribution >= 0.6 is 11.6 Å². The number of hydrogen-bond donors (Lipinski definition) is 1. The standard InChI is InChI=1S/C13H17ClN2O2S/c14-10-1-5-13(6-2-10)19(17,18)16-8-7-11-3-4-12(9-16)15-11/h1-2,5-6,11-12,15H,3-4,7-9H2. The fourth-order valence-corrected chi connectivity index (χ4v) is 4.51. The second-order valence-corrected chi connectivity index (χ2v) is 7.62. The Morgan fingerprint density at radius 2 is 1.79 bits per heavy atom. The molecule has 2 heterocycles. The van der Waals surface area contributed by atoms with Crippen LogP contribution in [0.5, 0.6) is 0 Å². The van der Waals surface area contributed by atoms with Crippen molar-refractivity contribution in [3.8, 4) is 0 Å². The lowest BCUT2D eigenvalue weighted by Crippen LogP contribution is -2.39. The first-order valence-electron chi connectivity index (χ1n) is 6.57. The van der Waals surface area contributed by atoms with Crippen molar-refractivity contribution >= 4 is 21.6 Å². The van der Waals surface area contributed by atoms with Gasteiger partial charge in [0.05, 0.1) is 4.90 Å². The molecule has 2 bridgehead atoms. The Bertz CT molecular complexity index is 559.